The lowest BCUT2D eigenvalue weighted by Crippen LogP contribution is -2.59. The van der Waals surface area contributed by atoms with Crippen LogP contribution in [0.25, 0.3) is 0 Å². The van der Waals surface area contributed by atoms with E-state index in [1.54, 1.807) is 13.1 Å². The molecule has 1 aromatic heterocycles. The van der Waals surface area contributed by atoms with Gasteiger partial charge in [0.05, 0.1) is 6.20 Å². The van der Waals surface area contributed by atoms with Gasteiger partial charge in [0.2, 0.25) is 15.9 Å². The van der Waals surface area contributed by atoms with Crippen LogP contribution in [0.1, 0.15) is 32.1 Å². The maximum atomic E-state index is 12.5. The average Bonchev–Trinajstić information content (AvgIpc) is 2.92. The second-order valence-electron chi connectivity index (χ2n) is 5.60. The minimum absolute atomic E-state index is 0.0662. The highest BCUT2D eigenvalue weighted by molar-refractivity contribution is 7.89. The first-order chi connectivity index (χ1) is 10.4. The number of carbonyl (C=O) groups excluding carboxylic acids is 1. The molecule has 0 radical (unpaired) electrons. The van der Waals surface area contributed by atoms with Crippen molar-refractivity contribution in [1.29, 1.82) is 0 Å². The number of aromatic nitrogens is 2. The van der Waals surface area contributed by atoms with Gasteiger partial charge < -0.3 is 5.32 Å². The highest BCUT2D eigenvalue weighted by atomic mass is 32.2. The van der Waals surface area contributed by atoms with Crippen LogP contribution >= 0.6 is 0 Å². The van der Waals surface area contributed by atoms with E-state index < -0.39 is 15.6 Å². The number of rotatable bonds is 6. The molecule has 1 aliphatic carbocycles. The summed E-state index contributed by atoms with van der Waals surface area (Å²) in [6.07, 6.45) is 7.90. The van der Waals surface area contributed by atoms with Crippen molar-refractivity contribution in [1.82, 2.24) is 19.8 Å². The first-order valence-corrected chi connectivity index (χ1v) is 8.80. The predicted octanol–water partition coefficient (Wildman–Crippen LogP) is 0.703. The Kier molecular flexibility index (Phi) is 5.02. The lowest BCUT2D eigenvalue weighted by atomic mass is 9.82. The molecule has 1 aromatic rings. The van der Waals surface area contributed by atoms with E-state index in [1.165, 1.54) is 17.1 Å². The second kappa shape index (κ2) is 6.62. The summed E-state index contributed by atoms with van der Waals surface area (Å²) in [5.74, 6) is -0.292. The summed E-state index contributed by atoms with van der Waals surface area (Å²) >= 11 is 0. The molecule has 7 nitrogen and oxygen atoms in total. The summed E-state index contributed by atoms with van der Waals surface area (Å²) in [5.41, 5.74) is -1.09. The van der Waals surface area contributed by atoms with Crippen LogP contribution in [-0.2, 0) is 21.9 Å². The molecule has 1 fully saturated rings. The zero-order valence-corrected chi connectivity index (χ0v) is 13.5. The molecule has 1 saturated carbocycles. The number of hydrogen-bond donors (Lipinski definition) is 2. The molecule has 0 aliphatic heterocycles. The maximum absolute atomic E-state index is 12.5. The molecule has 0 unspecified atom stereocenters. The van der Waals surface area contributed by atoms with Crippen LogP contribution in [0.3, 0.4) is 0 Å². The monoisotopic (exact) mass is 326 g/mol. The molecule has 0 bridgehead atoms. The van der Waals surface area contributed by atoms with E-state index in [-0.39, 0.29) is 10.8 Å². The first-order valence-electron chi connectivity index (χ1n) is 7.31. The van der Waals surface area contributed by atoms with Gasteiger partial charge in [-0.05, 0) is 12.8 Å². The zero-order chi connectivity index (χ0) is 16.2. The van der Waals surface area contributed by atoms with Gasteiger partial charge in [-0.15, -0.1) is 6.58 Å². The third kappa shape index (κ3) is 3.56. The SMILES string of the molecule is C=CCNC(=O)C1(NS(=O)(=O)c2cnn(C)c2)CCCCC1. The second-order valence-corrected chi connectivity index (χ2v) is 7.28. The number of nitrogens with zero attached hydrogens (tertiary/aromatic N) is 2. The van der Waals surface area contributed by atoms with Gasteiger partial charge in [0.15, 0.2) is 0 Å². The number of nitrogens with one attached hydrogen (secondary N) is 2. The third-order valence-electron chi connectivity index (χ3n) is 3.87. The van der Waals surface area contributed by atoms with Crippen LogP contribution in [-0.4, -0.2) is 36.2 Å². The topological polar surface area (TPSA) is 93.1 Å². The highest BCUT2D eigenvalue weighted by Crippen LogP contribution is 2.30. The van der Waals surface area contributed by atoms with Crippen LogP contribution in [0.15, 0.2) is 29.9 Å². The van der Waals surface area contributed by atoms with Gasteiger partial charge in [-0.25, -0.2) is 8.42 Å². The summed E-state index contributed by atoms with van der Waals surface area (Å²) in [6, 6.07) is 0. The Hall–Kier alpha value is -1.67. The Morgan fingerprint density at radius 3 is 2.68 bits per heavy atom. The fourth-order valence-electron chi connectivity index (χ4n) is 2.72. The molecule has 122 valence electrons. The Bertz CT molecular complexity index is 645. The number of amides is 1. The van der Waals surface area contributed by atoms with E-state index in [0.717, 1.165) is 19.3 Å². The normalized spacial score (nSPS) is 17.9. The third-order valence-corrected chi connectivity index (χ3v) is 5.36. The summed E-state index contributed by atoms with van der Waals surface area (Å²) in [6.45, 7) is 3.88. The van der Waals surface area contributed by atoms with Crippen molar-refractivity contribution >= 4 is 15.9 Å². The number of carbonyl (C=O) groups is 1. The minimum Gasteiger partial charge on any atom is -0.351 e. The molecule has 2 N–H and O–H groups in total. The van der Waals surface area contributed by atoms with Gasteiger partial charge in [-0.3, -0.25) is 9.48 Å². The number of sulfonamides is 1. The van der Waals surface area contributed by atoms with Crippen molar-refractivity contribution in [3.8, 4) is 0 Å². The molecule has 1 heterocycles. The fraction of sp³-hybridized carbons (Fsp3) is 0.571. The van der Waals surface area contributed by atoms with E-state index in [0.29, 0.717) is 19.4 Å². The predicted molar refractivity (Wildman–Crippen MR) is 82.6 cm³/mol. The zero-order valence-electron chi connectivity index (χ0n) is 12.7. The van der Waals surface area contributed by atoms with Gasteiger partial charge in [0, 0.05) is 19.8 Å². The Labute approximate surface area is 130 Å². The Morgan fingerprint density at radius 1 is 1.45 bits per heavy atom. The smallest absolute Gasteiger partial charge is 0.244 e. The van der Waals surface area contributed by atoms with Crippen molar-refractivity contribution in [3.05, 3.63) is 25.0 Å². The molecule has 1 aliphatic rings. The quantitative estimate of drug-likeness (QED) is 0.753. The number of aryl methyl sites for hydroxylation is 1. The Balaban J connectivity index is 2.26. The molecule has 0 saturated heterocycles. The highest BCUT2D eigenvalue weighted by Gasteiger charge is 2.43. The van der Waals surface area contributed by atoms with Gasteiger partial charge in [-0.1, -0.05) is 25.3 Å². The molecule has 0 atom stereocenters. The van der Waals surface area contributed by atoms with Crippen molar-refractivity contribution < 1.29 is 13.2 Å². The fourth-order valence-corrected chi connectivity index (χ4v) is 4.12. The van der Waals surface area contributed by atoms with Gasteiger partial charge in [0.1, 0.15) is 10.4 Å². The van der Waals surface area contributed by atoms with E-state index in [4.69, 9.17) is 0 Å². The van der Waals surface area contributed by atoms with Crippen molar-refractivity contribution in [2.75, 3.05) is 6.54 Å². The standard InChI is InChI=1S/C14H22N4O3S/c1-3-9-15-13(19)14(7-5-4-6-8-14)17-22(20,21)12-10-16-18(2)11-12/h3,10-11,17H,1,4-9H2,2H3,(H,15,19). The minimum atomic E-state index is -3.79. The molecular formula is C14H22N4O3S. The van der Waals surface area contributed by atoms with Gasteiger partial charge in [-0.2, -0.15) is 9.82 Å². The van der Waals surface area contributed by atoms with Gasteiger partial charge >= 0.3 is 0 Å². The number of hydrogen-bond acceptors (Lipinski definition) is 4. The lowest BCUT2D eigenvalue weighted by Gasteiger charge is -2.36. The van der Waals surface area contributed by atoms with Crippen molar-refractivity contribution in [2.45, 2.75) is 42.5 Å². The maximum Gasteiger partial charge on any atom is 0.244 e. The largest absolute Gasteiger partial charge is 0.351 e. The van der Waals surface area contributed by atoms with Crippen LogP contribution < -0.4 is 10.0 Å². The van der Waals surface area contributed by atoms with Crippen LogP contribution in [0, 0.1) is 0 Å². The van der Waals surface area contributed by atoms with E-state index in [9.17, 15) is 13.2 Å². The summed E-state index contributed by atoms with van der Waals surface area (Å²) in [7, 11) is -2.14. The van der Waals surface area contributed by atoms with Crippen molar-refractivity contribution in [2.24, 2.45) is 7.05 Å². The van der Waals surface area contributed by atoms with Crippen LogP contribution in [0.4, 0.5) is 0 Å². The Morgan fingerprint density at radius 2 is 2.14 bits per heavy atom. The molecule has 0 spiro atoms. The van der Waals surface area contributed by atoms with E-state index in [1.807, 2.05) is 0 Å². The molecular weight excluding hydrogens is 304 g/mol. The summed E-state index contributed by atoms with van der Waals surface area (Å²) < 4.78 is 29.1. The first kappa shape index (κ1) is 16.7. The van der Waals surface area contributed by atoms with Gasteiger partial charge in [0.25, 0.3) is 0 Å². The molecule has 0 aromatic carbocycles. The molecule has 2 rings (SSSR count). The summed E-state index contributed by atoms with van der Waals surface area (Å²) in [5, 5.41) is 6.59. The lowest BCUT2D eigenvalue weighted by molar-refractivity contribution is -0.128. The molecule has 8 heteroatoms. The van der Waals surface area contributed by atoms with E-state index >= 15 is 0 Å². The van der Waals surface area contributed by atoms with Crippen molar-refractivity contribution in [3.63, 3.8) is 0 Å². The van der Waals surface area contributed by atoms with Crippen LogP contribution in [0.5, 0.6) is 0 Å². The van der Waals surface area contributed by atoms with E-state index in [2.05, 4.69) is 21.7 Å². The van der Waals surface area contributed by atoms with Crippen LogP contribution in [0.2, 0.25) is 0 Å². The molecule has 22 heavy (non-hydrogen) atoms. The molecule has 1 amide bonds. The average molecular weight is 326 g/mol. The summed E-state index contributed by atoms with van der Waals surface area (Å²) in [4.78, 5) is 12.6.